The molecule has 0 N–H and O–H groups in total. The van der Waals surface area contributed by atoms with Crippen LogP contribution in [0.5, 0.6) is 0 Å². The molecule has 122 valence electrons. The lowest BCUT2D eigenvalue weighted by Gasteiger charge is -2.30. The minimum atomic E-state index is -0.670. The first-order valence-electron chi connectivity index (χ1n) is 9.44. The lowest BCUT2D eigenvalue weighted by Crippen LogP contribution is -2.16. The number of hydrogen-bond donors (Lipinski definition) is 0. The molecule has 0 saturated heterocycles. The summed E-state index contributed by atoms with van der Waals surface area (Å²) >= 11 is 0. The standard InChI is InChI=1S/C19H42P/c1-6-9-12-14-17-20(5,18-15-13-10-7-2)19(4)16-11-8-3/h19H,6-18H2,1-5H3/q+1. The van der Waals surface area contributed by atoms with Crippen LogP contribution in [0.4, 0.5) is 0 Å². The van der Waals surface area contributed by atoms with Gasteiger partial charge >= 0.3 is 0 Å². The minimum absolute atomic E-state index is 0.670. The molecule has 0 aromatic carbocycles. The second-order valence-corrected chi connectivity index (χ2v) is 11.8. The third kappa shape index (κ3) is 9.38. The van der Waals surface area contributed by atoms with Crippen LogP contribution in [0.25, 0.3) is 0 Å². The van der Waals surface area contributed by atoms with Crippen molar-refractivity contribution in [3.63, 3.8) is 0 Å². The third-order valence-electron chi connectivity index (χ3n) is 5.08. The first-order valence-corrected chi connectivity index (χ1v) is 12.1. The Labute approximate surface area is 130 Å². The highest BCUT2D eigenvalue weighted by atomic mass is 31.2. The number of rotatable bonds is 14. The quantitative estimate of drug-likeness (QED) is 0.232. The lowest BCUT2D eigenvalue weighted by atomic mass is 10.2. The van der Waals surface area contributed by atoms with Crippen LogP contribution in [-0.4, -0.2) is 24.6 Å². The molecule has 0 fully saturated rings. The smallest absolute Gasteiger partial charge is 0.0654 e. The second kappa shape index (κ2) is 13.1. The topological polar surface area (TPSA) is 0 Å². The van der Waals surface area contributed by atoms with Gasteiger partial charge in [-0.3, -0.25) is 0 Å². The fourth-order valence-corrected chi connectivity index (χ4v) is 6.97. The van der Waals surface area contributed by atoms with Gasteiger partial charge in [0.2, 0.25) is 0 Å². The number of hydrogen-bond acceptors (Lipinski definition) is 0. The maximum atomic E-state index is 2.70. The second-order valence-electron chi connectivity index (χ2n) is 7.04. The molecule has 0 saturated carbocycles. The molecule has 0 spiro atoms. The molecule has 0 aliphatic carbocycles. The summed E-state index contributed by atoms with van der Waals surface area (Å²) in [5, 5.41) is 0. The van der Waals surface area contributed by atoms with E-state index in [9.17, 15) is 0 Å². The minimum Gasteiger partial charge on any atom is -0.0654 e. The Bertz CT molecular complexity index is 188. The molecule has 1 atom stereocenters. The van der Waals surface area contributed by atoms with Gasteiger partial charge in [-0.15, -0.1) is 0 Å². The van der Waals surface area contributed by atoms with Gasteiger partial charge in [0.15, 0.2) is 0 Å². The van der Waals surface area contributed by atoms with Crippen LogP contribution < -0.4 is 0 Å². The van der Waals surface area contributed by atoms with E-state index in [4.69, 9.17) is 0 Å². The first kappa shape index (κ1) is 20.4. The molecule has 0 bridgehead atoms. The predicted octanol–water partition coefficient (Wildman–Crippen LogP) is 7.37. The van der Waals surface area contributed by atoms with Gasteiger partial charge in [0, 0.05) is 13.9 Å². The largest absolute Gasteiger partial charge is 0.0667 e. The summed E-state index contributed by atoms with van der Waals surface area (Å²) < 4.78 is 0. The molecule has 0 radical (unpaired) electrons. The van der Waals surface area contributed by atoms with Gasteiger partial charge < -0.3 is 0 Å². The van der Waals surface area contributed by atoms with Crippen molar-refractivity contribution in [2.45, 2.75) is 104 Å². The Morgan fingerprint density at radius 2 is 1.10 bits per heavy atom. The molecule has 0 aromatic heterocycles. The fourth-order valence-electron chi connectivity index (χ4n) is 3.16. The Kier molecular flexibility index (Phi) is 13.4. The summed E-state index contributed by atoms with van der Waals surface area (Å²) in [6.45, 7) is 12.3. The van der Waals surface area contributed by atoms with E-state index in [2.05, 4.69) is 34.4 Å². The molecule has 20 heavy (non-hydrogen) atoms. The highest BCUT2D eigenvalue weighted by Crippen LogP contribution is 2.62. The normalized spacial score (nSPS) is 13.7. The zero-order chi connectivity index (χ0) is 15.3. The molecule has 0 aliphatic heterocycles. The Balaban J connectivity index is 4.25. The molecule has 0 aromatic rings. The van der Waals surface area contributed by atoms with Crippen molar-refractivity contribution in [1.82, 2.24) is 0 Å². The Morgan fingerprint density at radius 1 is 0.650 bits per heavy atom. The number of unbranched alkanes of at least 4 members (excludes halogenated alkanes) is 7. The van der Waals surface area contributed by atoms with Gasteiger partial charge in [0.05, 0.1) is 18.0 Å². The van der Waals surface area contributed by atoms with Crippen molar-refractivity contribution < 1.29 is 0 Å². The van der Waals surface area contributed by atoms with E-state index in [1.54, 1.807) is 12.3 Å². The Hall–Kier alpha value is 0.430. The molecule has 0 heterocycles. The molecule has 0 amide bonds. The van der Waals surface area contributed by atoms with Gasteiger partial charge in [-0.05, 0) is 45.4 Å². The van der Waals surface area contributed by atoms with Crippen molar-refractivity contribution in [2.75, 3.05) is 19.0 Å². The zero-order valence-corrected chi connectivity index (χ0v) is 16.1. The summed E-state index contributed by atoms with van der Waals surface area (Å²) in [6, 6.07) is 0. The van der Waals surface area contributed by atoms with Gasteiger partial charge in [-0.25, -0.2) is 0 Å². The molecule has 0 nitrogen and oxygen atoms in total. The highest BCUT2D eigenvalue weighted by molar-refractivity contribution is 7.75. The van der Waals surface area contributed by atoms with Crippen molar-refractivity contribution in [3.8, 4) is 0 Å². The first-order chi connectivity index (χ1) is 9.60. The molecule has 1 unspecified atom stereocenters. The summed E-state index contributed by atoms with van der Waals surface area (Å²) in [5.41, 5.74) is 1.02. The van der Waals surface area contributed by atoms with Crippen LogP contribution in [-0.2, 0) is 0 Å². The van der Waals surface area contributed by atoms with E-state index in [-0.39, 0.29) is 0 Å². The van der Waals surface area contributed by atoms with Crippen molar-refractivity contribution in [3.05, 3.63) is 0 Å². The fraction of sp³-hybridized carbons (Fsp3) is 1.00. The SMILES string of the molecule is CCCCCC[P+](C)(CCCCCC)C(C)CCCC. The van der Waals surface area contributed by atoms with Crippen LogP contribution >= 0.6 is 7.26 Å². The Morgan fingerprint density at radius 3 is 1.50 bits per heavy atom. The average molecular weight is 302 g/mol. The maximum Gasteiger partial charge on any atom is 0.0667 e. The van der Waals surface area contributed by atoms with Crippen LogP contribution in [0.1, 0.15) is 98.3 Å². The summed E-state index contributed by atoms with van der Waals surface area (Å²) in [6.07, 6.45) is 19.0. The van der Waals surface area contributed by atoms with Crippen LogP contribution in [0.3, 0.4) is 0 Å². The highest BCUT2D eigenvalue weighted by Gasteiger charge is 2.36. The molecular formula is C19H42P+. The van der Waals surface area contributed by atoms with E-state index >= 15 is 0 Å². The van der Waals surface area contributed by atoms with E-state index in [0.29, 0.717) is 0 Å². The summed E-state index contributed by atoms with van der Waals surface area (Å²) in [4.78, 5) is 0. The van der Waals surface area contributed by atoms with Crippen molar-refractivity contribution >= 4 is 7.26 Å². The van der Waals surface area contributed by atoms with Crippen LogP contribution in [0.2, 0.25) is 0 Å². The van der Waals surface area contributed by atoms with E-state index in [1.807, 2.05) is 0 Å². The van der Waals surface area contributed by atoms with Crippen molar-refractivity contribution in [1.29, 1.82) is 0 Å². The van der Waals surface area contributed by atoms with Gasteiger partial charge in [-0.1, -0.05) is 52.9 Å². The zero-order valence-electron chi connectivity index (χ0n) is 15.2. The molecular weight excluding hydrogens is 259 g/mol. The van der Waals surface area contributed by atoms with Gasteiger partial charge in [-0.2, -0.15) is 0 Å². The average Bonchev–Trinajstić information content (AvgIpc) is 2.45. The lowest BCUT2D eigenvalue weighted by molar-refractivity contribution is 0.673. The van der Waals surface area contributed by atoms with Crippen molar-refractivity contribution in [2.24, 2.45) is 0 Å². The summed E-state index contributed by atoms with van der Waals surface area (Å²) in [7, 11) is -0.670. The van der Waals surface area contributed by atoms with Gasteiger partial charge in [0.25, 0.3) is 0 Å². The van der Waals surface area contributed by atoms with Gasteiger partial charge in [0.1, 0.15) is 0 Å². The molecule has 0 aliphatic rings. The van der Waals surface area contributed by atoms with E-state index in [0.717, 1.165) is 5.66 Å². The monoisotopic (exact) mass is 301 g/mol. The maximum absolute atomic E-state index is 2.70. The summed E-state index contributed by atoms with van der Waals surface area (Å²) in [5.74, 6) is 0. The third-order valence-corrected chi connectivity index (χ3v) is 10.1. The molecule has 0 rings (SSSR count). The predicted molar refractivity (Wildman–Crippen MR) is 99.8 cm³/mol. The van der Waals surface area contributed by atoms with Crippen LogP contribution in [0.15, 0.2) is 0 Å². The van der Waals surface area contributed by atoms with Crippen LogP contribution in [0, 0.1) is 0 Å². The van der Waals surface area contributed by atoms with E-state index in [1.165, 1.54) is 70.6 Å². The molecule has 1 heteroatoms. The van der Waals surface area contributed by atoms with E-state index < -0.39 is 7.26 Å².